The summed E-state index contributed by atoms with van der Waals surface area (Å²) in [6.45, 7) is 7.13. The Morgan fingerprint density at radius 1 is 1.40 bits per heavy atom. The molecule has 0 aliphatic carbocycles. The van der Waals surface area contributed by atoms with Gasteiger partial charge < -0.3 is 10.8 Å². The van der Waals surface area contributed by atoms with Gasteiger partial charge in [0.25, 0.3) is 0 Å². The van der Waals surface area contributed by atoms with Gasteiger partial charge in [-0.05, 0) is 6.92 Å². The Bertz CT molecular complexity index is 91.6. The number of hydrogen-bond acceptors (Lipinski definition) is 2. The molecular weight excluding hydrogens is 130 g/mol. The Labute approximate surface area is 62.2 Å². The zero-order chi connectivity index (χ0) is 8.73. The highest BCUT2D eigenvalue weighted by Gasteiger charge is 2.13. The van der Waals surface area contributed by atoms with Crippen molar-refractivity contribution in [1.29, 1.82) is 0 Å². The second-order valence-electron chi connectivity index (χ2n) is 1.93. The zero-order valence-electron chi connectivity index (χ0n) is 7.09. The van der Waals surface area contributed by atoms with E-state index in [0.717, 1.165) is 0 Å². The average molecular weight is 147 g/mol. The Hall–Kier alpha value is -0.570. The normalized spacial score (nSPS) is 14.5. The topological polar surface area (TPSA) is 63.3 Å². The molecular formula is C7H17NO2. The first kappa shape index (κ1) is 12.1. The molecule has 0 saturated carbocycles. The quantitative estimate of drug-likeness (QED) is 0.598. The molecule has 0 saturated heterocycles. The van der Waals surface area contributed by atoms with Crippen molar-refractivity contribution in [1.82, 2.24) is 0 Å². The maximum Gasteiger partial charge on any atom is 0.222 e. The number of nitrogens with two attached hydrogens (primary N) is 1. The molecule has 0 bridgehead atoms. The van der Waals surface area contributed by atoms with E-state index in [1.165, 1.54) is 6.92 Å². The van der Waals surface area contributed by atoms with E-state index in [4.69, 9.17) is 10.8 Å². The van der Waals surface area contributed by atoms with Gasteiger partial charge >= 0.3 is 0 Å². The summed E-state index contributed by atoms with van der Waals surface area (Å²) in [5.74, 6) is -0.894. The third-order valence-corrected chi connectivity index (χ3v) is 1.17. The van der Waals surface area contributed by atoms with Crippen molar-refractivity contribution >= 4 is 5.91 Å². The molecule has 10 heavy (non-hydrogen) atoms. The first-order valence-electron chi connectivity index (χ1n) is 3.53. The first-order valence-corrected chi connectivity index (χ1v) is 3.53. The number of aliphatic hydroxyl groups is 1. The van der Waals surface area contributed by atoms with Crippen LogP contribution in [0.4, 0.5) is 0 Å². The van der Waals surface area contributed by atoms with Crippen LogP contribution in [0.2, 0.25) is 0 Å². The number of aliphatic hydroxyl groups excluding tert-OH is 1. The largest absolute Gasteiger partial charge is 0.393 e. The van der Waals surface area contributed by atoms with Crippen molar-refractivity contribution in [3.63, 3.8) is 0 Å². The molecule has 3 nitrogen and oxygen atoms in total. The Morgan fingerprint density at radius 2 is 1.70 bits per heavy atom. The van der Waals surface area contributed by atoms with Crippen molar-refractivity contribution in [2.24, 2.45) is 11.7 Å². The van der Waals surface area contributed by atoms with Crippen molar-refractivity contribution in [2.45, 2.75) is 33.8 Å². The number of amides is 1. The van der Waals surface area contributed by atoms with Crippen molar-refractivity contribution in [2.75, 3.05) is 0 Å². The summed E-state index contributed by atoms with van der Waals surface area (Å²) in [6, 6.07) is 0. The third kappa shape index (κ3) is 5.56. The minimum Gasteiger partial charge on any atom is -0.393 e. The monoisotopic (exact) mass is 147 g/mol. The van der Waals surface area contributed by atoms with Crippen LogP contribution in [0.25, 0.3) is 0 Å². The lowest BCUT2D eigenvalue weighted by atomic mass is 10.1. The van der Waals surface area contributed by atoms with Gasteiger partial charge in [-0.1, -0.05) is 20.8 Å². The maximum absolute atomic E-state index is 10.2. The summed E-state index contributed by atoms with van der Waals surface area (Å²) in [5, 5.41) is 8.69. The fraction of sp³-hybridized carbons (Fsp3) is 0.857. The first-order chi connectivity index (χ1) is 4.55. The van der Waals surface area contributed by atoms with E-state index >= 15 is 0 Å². The second-order valence-corrected chi connectivity index (χ2v) is 1.93. The highest BCUT2D eigenvalue weighted by atomic mass is 16.3. The maximum atomic E-state index is 10.2. The van der Waals surface area contributed by atoms with Crippen LogP contribution in [-0.4, -0.2) is 17.1 Å². The molecule has 62 valence electrons. The van der Waals surface area contributed by atoms with Crippen LogP contribution in [0.1, 0.15) is 27.7 Å². The van der Waals surface area contributed by atoms with Crippen LogP contribution in [0, 0.1) is 5.92 Å². The van der Waals surface area contributed by atoms with E-state index in [9.17, 15) is 4.79 Å². The lowest BCUT2D eigenvalue weighted by Crippen LogP contribution is -2.28. The molecule has 0 aromatic rings. The van der Waals surface area contributed by atoms with E-state index in [1.54, 1.807) is 6.92 Å². The summed E-state index contributed by atoms with van der Waals surface area (Å²) in [5.41, 5.74) is 4.84. The Kier molecular flexibility index (Phi) is 7.95. The van der Waals surface area contributed by atoms with Crippen molar-refractivity contribution in [3.8, 4) is 0 Å². The fourth-order valence-electron chi connectivity index (χ4n) is 0.238. The van der Waals surface area contributed by atoms with Gasteiger partial charge in [-0.3, -0.25) is 4.79 Å². The van der Waals surface area contributed by atoms with Crippen LogP contribution in [0.3, 0.4) is 0 Å². The second kappa shape index (κ2) is 6.55. The Morgan fingerprint density at radius 3 is 1.70 bits per heavy atom. The molecule has 0 fully saturated rings. The van der Waals surface area contributed by atoms with E-state index in [0.29, 0.717) is 0 Å². The van der Waals surface area contributed by atoms with Gasteiger partial charge in [-0.15, -0.1) is 0 Å². The molecule has 0 aromatic carbocycles. The lowest BCUT2D eigenvalue weighted by molar-refractivity contribution is -0.124. The van der Waals surface area contributed by atoms with Gasteiger partial charge in [0.15, 0.2) is 0 Å². The summed E-state index contributed by atoms with van der Waals surface area (Å²) in [7, 11) is 0. The van der Waals surface area contributed by atoms with Crippen LogP contribution in [-0.2, 0) is 4.79 Å². The Balaban J connectivity index is 0. The summed E-state index contributed by atoms with van der Waals surface area (Å²) < 4.78 is 0. The van der Waals surface area contributed by atoms with E-state index in [2.05, 4.69) is 0 Å². The number of carbonyl (C=O) groups is 1. The van der Waals surface area contributed by atoms with Gasteiger partial charge in [-0.2, -0.15) is 0 Å². The van der Waals surface area contributed by atoms with Crippen LogP contribution >= 0.6 is 0 Å². The molecule has 0 aromatic heterocycles. The fourth-order valence-corrected chi connectivity index (χ4v) is 0.238. The summed E-state index contributed by atoms with van der Waals surface area (Å²) in [4.78, 5) is 10.2. The minimum atomic E-state index is -0.632. The van der Waals surface area contributed by atoms with E-state index in [-0.39, 0.29) is 0 Å². The van der Waals surface area contributed by atoms with Gasteiger partial charge in [0.05, 0.1) is 12.0 Å². The van der Waals surface area contributed by atoms with Crippen LogP contribution in [0.5, 0.6) is 0 Å². The lowest BCUT2D eigenvalue weighted by Gasteiger charge is -2.08. The third-order valence-electron chi connectivity index (χ3n) is 1.17. The smallest absolute Gasteiger partial charge is 0.222 e. The summed E-state index contributed by atoms with van der Waals surface area (Å²) >= 11 is 0. The molecule has 0 spiro atoms. The molecule has 0 aliphatic rings. The molecule has 0 rings (SSSR count). The van der Waals surface area contributed by atoms with Crippen molar-refractivity contribution < 1.29 is 9.90 Å². The van der Waals surface area contributed by atoms with Gasteiger partial charge in [0, 0.05) is 0 Å². The highest BCUT2D eigenvalue weighted by molar-refractivity contribution is 5.76. The van der Waals surface area contributed by atoms with E-state index < -0.39 is 17.9 Å². The van der Waals surface area contributed by atoms with Gasteiger partial charge in [0.1, 0.15) is 0 Å². The predicted octanol–water partition coefficient (Wildman–Crippen LogP) is 0.515. The number of rotatable bonds is 2. The molecule has 3 heteroatoms. The predicted molar refractivity (Wildman–Crippen MR) is 41.4 cm³/mol. The number of primary amides is 1. The number of carbonyl (C=O) groups excluding carboxylic acids is 1. The van der Waals surface area contributed by atoms with Gasteiger partial charge in [-0.25, -0.2) is 0 Å². The average Bonchev–Trinajstić information content (AvgIpc) is 1.90. The molecule has 3 N–H and O–H groups in total. The molecule has 0 unspecified atom stereocenters. The molecule has 1 amide bonds. The zero-order valence-corrected chi connectivity index (χ0v) is 7.09. The minimum absolute atomic E-state index is 0.435. The molecule has 0 aliphatic heterocycles. The summed E-state index contributed by atoms with van der Waals surface area (Å²) in [6.07, 6.45) is -0.632. The molecule has 2 atom stereocenters. The van der Waals surface area contributed by atoms with Crippen molar-refractivity contribution in [3.05, 3.63) is 0 Å². The van der Waals surface area contributed by atoms with Crippen LogP contribution < -0.4 is 5.73 Å². The standard InChI is InChI=1S/C5H11NO2.C2H6/c1-3(4(2)7)5(6)8;1-2/h3-4,7H,1-2H3,(H2,6,8);1-2H3/t3-,4+;/m0./s1. The number of hydrogen-bond donors (Lipinski definition) is 2. The van der Waals surface area contributed by atoms with Gasteiger partial charge in [0.2, 0.25) is 5.91 Å². The van der Waals surface area contributed by atoms with E-state index in [1.807, 2.05) is 13.8 Å². The molecule has 0 radical (unpaired) electrons. The van der Waals surface area contributed by atoms with Crippen LogP contribution in [0.15, 0.2) is 0 Å². The SMILES string of the molecule is CC.C[C@H](C(N)=O)[C@@H](C)O. The highest BCUT2D eigenvalue weighted by Crippen LogP contribution is 1.98. The molecule has 0 heterocycles.